The van der Waals surface area contributed by atoms with E-state index in [1.807, 2.05) is 13.0 Å². The minimum absolute atomic E-state index is 0.195. The summed E-state index contributed by atoms with van der Waals surface area (Å²) in [5.41, 5.74) is 0. The van der Waals surface area contributed by atoms with E-state index >= 15 is 0 Å². The van der Waals surface area contributed by atoms with Crippen molar-refractivity contribution in [3.63, 3.8) is 0 Å². The molecule has 1 aliphatic rings. The van der Waals surface area contributed by atoms with Crippen LogP contribution in [0.4, 0.5) is 5.82 Å². The molecule has 0 aromatic carbocycles. The molecule has 82 valence electrons. The standard InChI is InChI=1S/C10H14BrN3O/c1-7-12-9(11)5-10(13-7)14-4-2-3-8(14)6-15/h5,8,15H,2-4,6H2,1H3. The maximum Gasteiger partial charge on any atom is 0.133 e. The molecule has 1 fully saturated rings. The molecule has 1 aliphatic heterocycles. The van der Waals surface area contributed by atoms with Gasteiger partial charge in [-0.3, -0.25) is 0 Å². The summed E-state index contributed by atoms with van der Waals surface area (Å²) in [6.07, 6.45) is 2.16. The maximum absolute atomic E-state index is 9.24. The Balaban J connectivity index is 2.28. The first-order chi connectivity index (χ1) is 7.20. The van der Waals surface area contributed by atoms with E-state index in [9.17, 15) is 5.11 Å². The van der Waals surface area contributed by atoms with Gasteiger partial charge >= 0.3 is 0 Å². The number of aryl methyl sites for hydroxylation is 1. The van der Waals surface area contributed by atoms with E-state index in [-0.39, 0.29) is 12.6 Å². The number of nitrogens with zero attached hydrogens (tertiary/aromatic N) is 3. The molecule has 1 atom stereocenters. The fraction of sp³-hybridized carbons (Fsp3) is 0.600. The van der Waals surface area contributed by atoms with Gasteiger partial charge in [-0.05, 0) is 35.7 Å². The Hall–Kier alpha value is -0.680. The highest BCUT2D eigenvalue weighted by Gasteiger charge is 2.25. The summed E-state index contributed by atoms with van der Waals surface area (Å²) >= 11 is 3.36. The predicted molar refractivity (Wildman–Crippen MR) is 61.9 cm³/mol. The minimum Gasteiger partial charge on any atom is -0.394 e. The van der Waals surface area contributed by atoms with Crippen molar-refractivity contribution in [1.82, 2.24) is 9.97 Å². The van der Waals surface area contributed by atoms with Crippen LogP contribution in [0.3, 0.4) is 0 Å². The van der Waals surface area contributed by atoms with E-state index in [1.54, 1.807) is 0 Å². The van der Waals surface area contributed by atoms with Crippen molar-refractivity contribution >= 4 is 21.7 Å². The Labute approximate surface area is 97.5 Å². The molecule has 1 saturated heterocycles. The van der Waals surface area contributed by atoms with E-state index in [1.165, 1.54) is 0 Å². The Bertz CT molecular complexity index is 338. The van der Waals surface area contributed by atoms with Gasteiger partial charge < -0.3 is 10.0 Å². The quantitative estimate of drug-likeness (QED) is 0.829. The van der Waals surface area contributed by atoms with Gasteiger partial charge in [-0.2, -0.15) is 0 Å². The summed E-state index contributed by atoms with van der Waals surface area (Å²) in [6.45, 7) is 3.03. The lowest BCUT2D eigenvalue weighted by atomic mass is 10.2. The van der Waals surface area contributed by atoms with Gasteiger partial charge in [0.2, 0.25) is 0 Å². The lowest BCUT2D eigenvalue weighted by Gasteiger charge is -2.24. The minimum atomic E-state index is 0.195. The second kappa shape index (κ2) is 4.45. The first kappa shape index (κ1) is 10.8. The SMILES string of the molecule is Cc1nc(Br)cc(N2CCCC2CO)n1. The zero-order valence-corrected chi connectivity index (χ0v) is 10.2. The topological polar surface area (TPSA) is 49.2 Å². The summed E-state index contributed by atoms with van der Waals surface area (Å²) in [5.74, 6) is 1.66. The zero-order valence-electron chi connectivity index (χ0n) is 8.65. The molecule has 1 unspecified atom stereocenters. The van der Waals surface area contributed by atoms with Crippen LogP contribution < -0.4 is 4.90 Å². The Morgan fingerprint density at radius 3 is 3.07 bits per heavy atom. The van der Waals surface area contributed by atoms with Gasteiger partial charge in [0.25, 0.3) is 0 Å². The van der Waals surface area contributed by atoms with Crippen molar-refractivity contribution in [2.24, 2.45) is 0 Å². The Morgan fingerprint density at radius 1 is 1.60 bits per heavy atom. The van der Waals surface area contributed by atoms with Crippen LogP contribution in [0.1, 0.15) is 18.7 Å². The number of hydrogen-bond donors (Lipinski definition) is 1. The fourth-order valence-corrected chi connectivity index (χ4v) is 2.45. The maximum atomic E-state index is 9.24. The molecule has 0 amide bonds. The van der Waals surface area contributed by atoms with Crippen LogP contribution in [0.15, 0.2) is 10.7 Å². The van der Waals surface area contributed by atoms with Crippen LogP contribution in [0.5, 0.6) is 0 Å². The van der Waals surface area contributed by atoms with Crippen molar-refractivity contribution in [1.29, 1.82) is 0 Å². The average Bonchev–Trinajstić information content (AvgIpc) is 2.63. The van der Waals surface area contributed by atoms with Crippen LogP contribution in [-0.4, -0.2) is 34.3 Å². The molecule has 0 bridgehead atoms. The van der Waals surface area contributed by atoms with Crippen LogP contribution in [-0.2, 0) is 0 Å². The number of aromatic nitrogens is 2. The Morgan fingerprint density at radius 2 is 2.40 bits per heavy atom. The van der Waals surface area contributed by atoms with E-state index in [0.717, 1.165) is 35.6 Å². The monoisotopic (exact) mass is 271 g/mol. The summed E-state index contributed by atoms with van der Waals surface area (Å²) in [6, 6.07) is 2.12. The molecule has 1 N–H and O–H groups in total. The lowest BCUT2D eigenvalue weighted by molar-refractivity contribution is 0.266. The van der Waals surface area contributed by atoms with Crippen molar-refractivity contribution in [3.05, 3.63) is 16.5 Å². The van der Waals surface area contributed by atoms with Gasteiger partial charge in [0, 0.05) is 12.6 Å². The zero-order chi connectivity index (χ0) is 10.8. The average molecular weight is 272 g/mol. The van der Waals surface area contributed by atoms with Crippen molar-refractivity contribution in [2.45, 2.75) is 25.8 Å². The third kappa shape index (κ3) is 2.29. The normalized spacial score (nSPS) is 21.0. The predicted octanol–water partition coefficient (Wildman–Crippen LogP) is 1.51. The molecule has 1 aromatic heterocycles. The number of rotatable bonds is 2. The number of hydrogen-bond acceptors (Lipinski definition) is 4. The van der Waals surface area contributed by atoms with Gasteiger partial charge in [-0.25, -0.2) is 9.97 Å². The highest BCUT2D eigenvalue weighted by atomic mass is 79.9. The van der Waals surface area contributed by atoms with E-state index in [0.29, 0.717) is 0 Å². The van der Waals surface area contributed by atoms with E-state index < -0.39 is 0 Å². The Kier molecular flexibility index (Phi) is 3.21. The molecular formula is C10H14BrN3O. The van der Waals surface area contributed by atoms with Gasteiger partial charge in [0.05, 0.1) is 12.6 Å². The molecule has 15 heavy (non-hydrogen) atoms. The molecule has 0 radical (unpaired) electrons. The number of aliphatic hydroxyl groups is 1. The number of anilines is 1. The first-order valence-electron chi connectivity index (χ1n) is 5.09. The van der Waals surface area contributed by atoms with Crippen molar-refractivity contribution in [3.8, 4) is 0 Å². The van der Waals surface area contributed by atoms with Gasteiger partial charge in [0.1, 0.15) is 16.2 Å². The van der Waals surface area contributed by atoms with E-state index in [2.05, 4.69) is 30.8 Å². The molecule has 5 heteroatoms. The largest absolute Gasteiger partial charge is 0.394 e. The third-order valence-corrected chi connectivity index (χ3v) is 3.08. The van der Waals surface area contributed by atoms with Crippen LogP contribution >= 0.6 is 15.9 Å². The summed E-state index contributed by atoms with van der Waals surface area (Å²) < 4.78 is 0.800. The molecule has 1 aromatic rings. The second-order valence-corrected chi connectivity index (χ2v) is 4.58. The van der Waals surface area contributed by atoms with Crippen LogP contribution in [0, 0.1) is 6.92 Å². The fourth-order valence-electron chi connectivity index (χ4n) is 1.99. The van der Waals surface area contributed by atoms with Crippen molar-refractivity contribution in [2.75, 3.05) is 18.1 Å². The molecule has 0 aliphatic carbocycles. The van der Waals surface area contributed by atoms with Gasteiger partial charge in [0.15, 0.2) is 0 Å². The molecule has 0 spiro atoms. The van der Waals surface area contributed by atoms with Crippen molar-refractivity contribution < 1.29 is 5.11 Å². The first-order valence-corrected chi connectivity index (χ1v) is 5.88. The molecular weight excluding hydrogens is 258 g/mol. The summed E-state index contributed by atoms with van der Waals surface area (Å²) in [5, 5.41) is 9.24. The third-order valence-electron chi connectivity index (χ3n) is 2.68. The number of aliphatic hydroxyl groups excluding tert-OH is 1. The summed E-state index contributed by atoms with van der Waals surface area (Å²) in [4.78, 5) is 10.7. The molecule has 2 heterocycles. The lowest BCUT2D eigenvalue weighted by Crippen LogP contribution is -2.32. The molecule has 0 saturated carbocycles. The van der Waals surface area contributed by atoms with E-state index in [4.69, 9.17) is 0 Å². The van der Waals surface area contributed by atoms with Gasteiger partial charge in [-0.15, -0.1) is 0 Å². The molecule has 4 nitrogen and oxygen atoms in total. The summed E-state index contributed by atoms with van der Waals surface area (Å²) in [7, 11) is 0. The van der Waals surface area contributed by atoms with Crippen LogP contribution in [0.25, 0.3) is 0 Å². The van der Waals surface area contributed by atoms with Gasteiger partial charge in [-0.1, -0.05) is 0 Å². The molecule has 2 rings (SSSR count). The smallest absolute Gasteiger partial charge is 0.133 e. The van der Waals surface area contributed by atoms with Crippen LogP contribution in [0.2, 0.25) is 0 Å². The second-order valence-electron chi connectivity index (χ2n) is 3.77. The number of halogens is 1. The highest BCUT2D eigenvalue weighted by Crippen LogP contribution is 2.25. The highest BCUT2D eigenvalue weighted by molar-refractivity contribution is 9.10.